The summed E-state index contributed by atoms with van der Waals surface area (Å²) in [5, 5.41) is 3.20. The van der Waals surface area contributed by atoms with Crippen molar-refractivity contribution in [2.75, 3.05) is 19.5 Å². The van der Waals surface area contributed by atoms with Gasteiger partial charge >= 0.3 is 0 Å². The Morgan fingerprint density at radius 1 is 1.11 bits per heavy atom. The Hall–Kier alpha value is -2.00. The molecule has 3 heteroatoms. The Labute approximate surface area is 114 Å². The van der Waals surface area contributed by atoms with Crippen LogP contribution < -0.4 is 15.8 Å². The van der Waals surface area contributed by atoms with Crippen molar-refractivity contribution in [3.63, 3.8) is 0 Å². The minimum absolute atomic E-state index is 0.144. The van der Waals surface area contributed by atoms with Crippen molar-refractivity contribution in [3.8, 4) is 5.75 Å². The molecular weight excluding hydrogens is 236 g/mol. The van der Waals surface area contributed by atoms with E-state index in [9.17, 15) is 0 Å². The summed E-state index contributed by atoms with van der Waals surface area (Å²) in [6.07, 6.45) is 0. The number of anilines is 1. The summed E-state index contributed by atoms with van der Waals surface area (Å²) in [5.41, 5.74) is 10.8. The van der Waals surface area contributed by atoms with Crippen LogP contribution in [0.3, 0.4) is 0 Å². The minimum atomic E-state index is -0.144. The molecule has 2 aromatic carbocycles. The Balaban J connectivity index is 2.34. The van der Waals surface area contributed by atoms with Crippen molar-refractivity contribution in [1.82, 2.24) is 0 Å². The summed E-state index contributed by atoms with van der Waals surface area (Å²) in [6.45, 7) is 2.07. The van der Waals surface area contributed by atoms with E-state index in [2.05, 4.69) is 30.4 Å². The second-order valence-electron chi connectivity index (χ2n) is 4.59. The zero-order valence-electron chi connectivity index (χ0n) is 11.6. The number of ether oxygens (including phenoxy) is 1. The molecule has 3 nitrogen and oxygen atoms in total. The Bertz CT molecular complexity index is 549. The van der Waals surface area contributed by atoms with Gasteiger partial charge in [0.2, 0.25) is 0 Å². The molecule has 2 aromatic rings. The summed E-state index contributed by atoms with van der Waals surface area (Å²) in [4.78, 5) is 0. The van der Waals surface area contributed by atoms with Crippen molar-refractivity contribution in [2.45, 2.75) is 13.0 Å². The van der Waals surface area contributed by atoms with E-state index in [-0.39, 0.29) is 6.04 Å². The van der Waals surface area contributed by atoms with Crippen molar-refractivity contribution in [2.24, 2.45) is 5.73 Å². The zero-order chi connectivity index (χ0) is 13.8. The number of hydrogen-bond acceptors (Lipinski definition) is 3. The molecule has 0 bridgehead atoms. The zero-order valence-corrected chi connectivity index (χ0v) is 11.6. The average Bonchev–Trinajstić information content (AvgIpc) is 2.46. The van der Waals surface area contributed by atoms with E-state index in [0.717, 1.165) is 22.6 Å². The third-order valence-electron chi connectivity index (χ3n) is 3.29. The summed E-state index contributed by atoms with van der Waals surface area (Å²) < 4.78 is 5.16. The monoisotopic (exact) mass is 256 g/mol. The van der Waals surface area contributed by atoms with E-state index in [1.165, 1.54) is 5.56 Å². The molecular formula is C16H20N2O. The normalized spacial score (nSPS) is 12.0. The summed E-state index contributed by atoms with van der Waals surface area (Å²) in [6, 6.07) is 14.0. The molecule has 0 radical (unpaired) electrons. The highest BCUT2D eigenvalue weighted by Gasteiger charge is 2.12. The van der Waals surface area contributed by atoms with Crippen LogP contribution >= 0.6 is 0 Å². The molecule has 0 aromatic heterocycles. The fraction of sp³-hybridized carbons (Fsp3) is 0.250. The van der Waals surface area contributed by atoms with Crippen molar-refractivity contribution < 1.29 is 4.74 Å². The quantitative estimate of drug-likeness (QED) is 0.883. The van der Waals surface area contributed by atoms with Gasteiger partial charge in [0.15, 0.2) is 0 Å². The number of rotatable bonds is 4. The Morgan fingerprint density at radius 3 is 2.37 bits per heavy atom. The first-order chi connectivity index (χ1) is 9.15. The van der Waals surface area contributed by atoms with E-state index in [0.29, 0.717) is 0 Å². The third kappa shape index (κ3) is 2.88. The molecule has 0 saturated heterocycles. The SMILES string of the molecule is CNc1cc(C)ccc1C(N)c1ccc(OC)cc1. The summed E-state index contributed by atoms with van der Waals surface area (Å²) in [7, 11) is 3.58. The molecule has 0 aliphatic carbocycles. The van der Waals surface area contributed by atoms with Crippen LogP contribution in [0.4, 0.5) is 5.69 Å². The standard InChI is InChI=1S/C16H20N2O/c1-11-4-9-14(15(10-11)18-2)16(17)12-5-7-13(19-3)8-6-12/h4-10,16,18H,17H2,1-3H3. The van der Waals surface area contributed by atoms with Gasteiger partial charge in [0, 0.05) is 12.7 Å². The minimum Gasteiger partial charge on any atom is -0.497 e. The second-order valence-corrected chi connectivity index (χ2v) is 4.59. The number of aryl methyl sites for hydroxylation is 1. The fourth-order valence-electron chi connectivity index (χ4n) is 2.15. The van der Waals surface area contributed by atoms with Crippen molar-refractivity contribution in [1.29, 1.82) is 0 Å². The topological polar surface area (TPSA) is 47.3 Å². The molecule has 0 amide bonds. The van der Waals surface area contributed by atoms with Crippen LogP contribution in [0.25, 0.3) is 0 Å². The number of benzene rings is 2. The maximum atomic E-state index is 6.35. The largest absolute Gasteiger partial charge is 0.497 e. The van der Waals surface area contributed by atoms with Crippen LogP contribution in [0, 0.1) is 6.92 Å². The smallest absolute Gasteiger partial charge is 0.118 e. The predicted molar refractivity (Wildman–Crippen MR) is 79.8 cm³/mol. The molecule has 3 N–H and O–H groups in total. The lowest BCUT2D eigenvalue weighted by Gasteiger charge is -2.17. The lowest BCUT2D eigenvalue weighted by Crippen LogP contribution is -2.14. The molecule has 1 unspecified atom stereocenters. The number of methoxy groups -OCH3 is 1. The summed E-state index contributed by atoms with van der Waals surface area (Å²) in [5.74, 6) is 0.841. The molecule has 2 rings (SSSR count). The van der Waals surface area contributed by atoms with Gasteiger partial charge in [-0.15, -0.1) is 0 Å². The van der Waals surface area contributed by atoms with E-state index < -0.39 is 0 Å². The van der Waals surface area contributed by atoms with Crippen LogP contribution in [0.1, 0.15) is 22.7 Å². The van der Waals surface area contributed by atoms with Crippen LogP contribution in [-0.4, -0.2) is 14.2 Å². The number of hydrogen-bond donors (Lipinski definition) is 2. The highest BCUT2D eigenvalue weighted by molar-refractivity contribution is 5.56. The molecule has 1 atom stereocenters. The maximum Gasteiger partial charge on any atom is 0.118 e. The van der Waals surface area contributed by atoms with Crippen molar-refractivity contribution >= 4 is 5.69 Å². The third-order valence-corrected chi connectivity index (χ3v) is 3.29. The second kappa shape index (κ2) is 5.76. The molecule has 19 heavy (non-hydrogen) atoms. The van der Waals surface area contributed by atoms with E-state index >= 15 is 0 Å². The summed E-state index contributed by atoms with van der Waals surface area (Å²) >= 11 is 0. The molecule has 100 valence electrons. The highest BCUT2D eigenvalue weighted by Crippen LogP contribution is 2.28. The first-order valence-corrected chi connectivity index (χ1v) is 6.33. The van der Waals surface area contributed by atoms with Crippen molar-refractivity contribution in [3.05, 3.63) is 59.2 Å². The maximum absolute atomic E-state index is 6.35. The van der Waals surface area contributed by atoms with E-state index in [4.69, 9.17) is 10.5 Å². The van der Waals surface area contributed by atoms with Gasteiger partial charge in [0.05, 0.1) is 13.2 Å². The number of nitrogens with one attached hydrogen (secondary N) is 1. The van der Waals surface area contributed by atoms with Gasteiger partial charge in [0.25, 0.3) is 0 Å². The van der Waals surface area contributed by atoms with Gasteiger partial charge in [-0.05, 0) is 41.8 Å². The van der Waals surface area contributed by atoms with Gasteiger partial charge < -0.3 is 15.8 Å². The molecule has 0 saturated carbocycles. The predicted octanol–water partition coefficient (Wildman–Crippen LogP) is 3.09. The molecule has 0 aliphatic rings. The molecule has 0 spiro atoms. The first-order valence-electron chi connectivity index (χ1n) is 6.33. The first kappa shape index (κ1) is 13.4. The fourth-order valence-corrected chi connectivity index (χ4v) is 2.15. The number of nitrogens with two attached hydrogens (primary N) is 1. The van der Waals surface area contributed by atoms with Crippen LogP contribution in [-0.2, 0) is 0 Å². The molecule has 0 heterocycles. The van der Waals surface area contributed by atoms with Crippen LogP contribution in [0.15, 0.2) is 42.5 Å². The van der Waals surface area contributed by atoms with Gasteiger partial charge in [-0.3, -0.25) is 0 Å². The Morgan fingerprint density at radius 2 is 1.79 bits per heavy atom. The van der Waals surface area contributed by atoms with Gasteiger partial charge in [0.1, 0.15) is 5.75 Å². The van der Waals surface area contributed by atoms with Crippen LogP contribution in [0.2, 0.25) is 0 Å². The van der Waals surface area contributed by atoms with Gasteiger partial charge in [-0.1, -0.05) is 24.3 Å². The lowest BCUT2D eigenvalue weighted by atomic mass is 9.97. The van der Waals surface area contributed by atoms with Gasteiger partial charge in [-0.2, -0.15) is 0 Å². The highest BCUT2D eigenvalue weighted by atomic mass is 16.5. The van der Waals surface area contributed by atoms with E-state index in [1.54, 1.807) is 7.11 Å². The average molecular weight is 256 g/mol. The lowest BCUT2D eigenvalue weighted by molar-refractivity contribution is 0.414. The van der Waals surface area contributed by atoms with Crippen LogP contribution in [0.5, 0.6) is 5.75 Å². The van der Waals surface area contributed by atoms with E-state index in [1.807, 2.05) is 31.3 Å². The Kier molecular flexibility index (Phi) is 4.07. The van der Waals surface area contributed by atoms with Gasteiger partial charge in [-0.25, -0.2) is 0 Å². The molecule has 0 aliphatic heterocycles. The molecule has 0 fully saturated rings.